The molecule has 2 fully saturated rings. The molecule has 0 saturated heterocycles. The molecule has 0 spiro atoms. The number of nitrogens with zero attached hydrogens (tertiary/aromatic N) is 6. The van der Waals surface area contributed by atoms with Crippen molar-refractivity contribution in [3.63, 3.8) is 0 Å². The Morgan fingerprint density at radius 1 is 1.13 bits per heavy atom. The van der Waals surface area contributed by atoms with Crippen molar-refractivity contribution in [2.75, 3.05) is 6.54 Å². The van der Waals surface area contributed by atoms with Gasteiger partial charge in [-0.2, -0.15) is 9.78 Å². The Balaban J connectivity index is 1.45. The number of benzene rings is 1. The molecule has 1 atom stereocenters. The van der Waals surface area contributed by atoms with Gasteiger partial charge in [0.2, 0.25) is 0 Å². The smallest absolute Gasteiger partial charge is 0.254 e. The van der Waals surface area contributed by atoms with Crippen LogP contribution in [0.15, 0.2) is 49.1 Å². The molecule has 1 unspecified atom stereocenters. The molecule has 2 heterocycles. The summed E-state index contributed by atoms with van der Waals surface area (Å²) in [4.78, 5) is 28.6. The van der Waals surface area contributed by atoms with E-state index in [0.29, 0.717) is 23.6 Å². The molecule has 0 bridgehead atoms. The molecule has 154 valence electrons. The van der Waals surface area contributed by atoms with Crippen LogP contribution >= 0.6 is 0 Å². The summed E-state index contributed by atoms with van der Waals surface area (Å²) in [5.74, 6) is 2.35. The maximum absolute atomic E-state index is 13.6. The topological polar surface area (TPSA) is 76.8 Å². The Hall–Kier alpha value is -3.09. The van der Waals surface area contributed by atoms with Crippen LogP contribution in [0.4, 0.5) is 0 Å². The number of carbonyl (C=O) groups excluding carboxylic acids is 1. The van der Waals surface area contributed by atoms with Crippen molar-refractivity contribution in [3.8, 4) is 5.95 Å². The first-order chi connectivity index (χ1) is 14.7. The second-order valence-corrected chi connectivity index (χ2v) is 8.41. The highest BCUT2D eigenvalue weighted by atomic mass is 16.2. The summed E-state index contributed by atoms with van der Waals surface area (Å²) < 4.78 is 1.63. The predicted octanol–water partition coefficient (Wildman–Crippen LogP) is 3.94. The Morgan fingerprint density at radius 2 is 1.93 bits per heavy atom. The molecule has 7 nitrogen and oxygen atoms in total. The van der Waals surface area contributed by atoms with Crippen molar-refractivity contribution in [2.45, 2.75) is 51.0 Å². The molecular weight excluding hydrogens is 376 g/mol. The van der Waals surface area contributed by atoms with Crippen molar-refractivity contribution in [2.24, 2.45) is 5.92 Å². The van der Waals surface area contributed by atoms with E-state index in [0.717, 1.165) is 12.1 Å². The largest absolute Gasteiger partial charge is 0.328 e. The van der Waals surface area contributed by atoms with E-state index in [-0.39, 0.29) is 11.9 Å². The van der Waals surface area contributed by atoms with E-state index >= 15 is 0 Å². The van der Waals surface area contributed by atoms with Gasteiger partial charge >= 0.3 is 0 Å². The van der Waals surface area contributed by atoms with Crippen molar-refractivity contribution >= 4 is 5.91 Å². The lowest BCUT2D eigenvalue weighted by molar-refractivity contribution is 0.0670. The summed E-state index contributed by atoms with van der Waals surface area (Å²) in [6.45, 7) is 2.75. The fraction of sp³-hybridized carbons (Fsp3) is 0.435. The van der Waals surface area contributed by atoms with Gasteiger partial charge in [-0.1, -0.05) is 18.6 Å². The lowest BCUT2D eigenvalue weighted by Crippen LogP contribution is -2.36. The second kappa shape index (κ2) is 7.97. The first-order valence-electron chi connectivity index (χ1n) is 10.8. The summed E-state index contributed by atoms with van der Waals surface area (Å²) in [6.07, 6.45) is 10.9. The average Bonchev–Trinajstić information content (AvgIpc) is 3.43. The molecule has 7 heteroatoms. The van der Waals surface area contributed by atoms with Gasteiger partial charge in [-0.05, 0) is 68.2 Å². The van der Waals surface area contributed by atoms with Crippen molar-refractivity contribution in [1.29, 1.82) is 0 Å². The molecule has 1 amide bonds. The van der Waals surface area contributed by atoms with Gasteiger partial charge in [-0.25, -0.2) is 15.0 Å². The van der Waals surface area contributed by atoms with Crippen molar-refractivity contribution < 1.29 is 4.79 Å². The van der Waals surface area contributed by atoms with Crippen LogP contribution in [-0.2, 0) is 0 Å². The summed E-state index contributed by atoms with van der Waals surface area (Å²) >= 11 is 0. The maximum Gasteiger partial charge on any atom is 0.254 e. The minimum absolute atomic E-state index is 0.0547. The Kier molecular flexibility index (Phi) is 5.02. The van der Waals surface area contributed by atoms with E-state index in [9.17, 15) is 4.79 Å². The van der Waals surface area contributed by atoms with Gasteiger partial charge in [0.15, 0.2) is 5.82 Å². The zero-order valence-corrected chi connectivity index (χ0v) is 17.2. The highest BCUT2D eigenvalue weighted by Gasteiger charge is 2.33. The van der Waals surface area contributed by atoms with Crippen molar-refractivity contribution in [3.05, 3.63) is 66.0 Å². The fourth-order valence-electron chi connectivity index (χ4n) is 4.06. The van der Waals surface area contributed by atoms with Crippen molar-refractivity contribution in [1.82, 2.24) is 29.6 Å². The summed E-state index contributed by atoms with van der Waals surface area (Å²) in [5.41, 5.74) is 2.04. The zero-order valence-electron chi connectivity index (χ0n) is 17.2. The first-order valence-corrected chi connectivity index (χ1v) is 10.8. The number of rotatable bonds is 7. The number of carbonyl (C=O) groups is 1. The SMILES string of the molecule is CC(c1ncnn1-c1ncccn1)N(CC1CC1)C(=O)c1cccc(C2CCC2)c1. The number of aromatic nitrogens is 5. The molecule has 0 N–H and O–H groups in total. The third-order valence-electron chi connectivity index (χ3n) is 6.28. The minimum Gasteiger partial charge on any atom is -0.328 e. The molecular formula is C23H26N6O. The fourth-order valence-corrected chi connectivity index (χ4v) is 4.06. The summed E-state index contributed by atoms with van der Waals surface area (Å²) in [5, 5.41) is 4.32. The Bertz CT molecular complexity index is 1020. The molecule has 0 radical (unpaired) electrons. The van der Waals surface area contributed by atoms with Crippen LogP contribution < -0.4 is 0 Å². The van der Waals surface area contributed by atoms with Gasteiger partial charge in [0.05, 0.1) is 6.04 Å². The van der Waals surface area contributed by atoms with Crippen LogP contribution in [0.25, 0.3) is 5.95 Å². The molecule has 30 heavy (non-hydrogen) atoms. The summed E-state index contributed by atoms with van der Waals surface area (Å²) in [6, 6.07) is 9.71. The molecule has 0 aliphatic heterocycles. The molecule has 2 aliphatic carbocycles. The molecule has 2 saturated carbocycles. The quantitative estimate of drug-likeness (QED) is 0.598. The van der Waals surface area contributed by atoms with E-state index in [1.165, 1.54) is 44.0 Å². The standard InChI is InChI=1S/C23H26N6O/c1-16(21-26-15-27-29(21)23-24-11-4-12-25-23)28(14-17-9-10-17)22(30)20-8-3-7-19(13-20)18-5-2-6-18/h3-4,7-8,11-13,15-18H,2,5-6,9-10,14H2,1H3. The zero-order chi connectivity index (χ0) is 20.5. The van der Waals surface area contributed by atoms with Gasteiger partial charge in [0, 0.05) is 24.5 Å². The van der Waals surface area contributed by atoms with Crippen LogP contribution in [0.5, 0.6) is 0 Å². The monoisotopic (exact) mass is 402 g/mol. The normalized spacial score (nSPS) is 17.4. The van der Waals surface area contributed by atoms with Crippen LogP contribution in [0.1, 0.15) is 72.7 Å². The number of hydrogen-bond donors (Lipinski definition) is 0. The van der Waals surface area contributed by atoms with Gasteiger partial charge < -0.3 is 4.90 Å². The molecule has 1 aromatic carbocycles. The first kappa shape index (κ1) is 18.9. The lowest BCUT2D eigenvalue weighted by Gasteiger charge is -2.30. The Labute approximate surface area is 176 Å². The molecule has 5 rings (SSSR count). The van der Waals surface area contributed by atoms with E-state index in [2.05, 4.69) is 32.2 Å². The third-order valence-corrected chi connectivity index (χ3v) is 6.28. The van der Waals surface area contributed by atoms with E-state index < -0.39 is 0 Å². The summed E-state index contributed by atoms with van der Waals surface area (Å²) in [7, 11) is 0. The number of hydrogen-bond acceptors (Lipinski definition) is 5. The van der Waals surface area contributed by atoms with Gasteiger partial charge in [-0.3, -0.25) is 4.79 Å². The second-order valence-electron chi connectivity index (χ2n) is 8.41. The van der Waals surface area contributed by atoms with Crippen LogP contribution in [-0.4, -0.2) is 42.1 Å². The molecule has 3 aromatic rings. The highest BCUT2D eigenvalue weighted by Crippen LogP contribution is 2.37. The maximum atomic E-state index is 13.6. The van der Waals surface area contributed by atoms with Gasteiger partial charge in [0.1, 0.15) is 6.33 Å². The van der Waals surface area contributed by atoms with Gasteiger partial charge in [0.25, 0.3) is 11.9 Å². The van der Waals surface area contributed by atoms with Gasteiger partial charge in [-0.15, -0.1) is 0 Å². The van der Waals surface area contributed by atoms with E-state index in [1.807, 2.05) is 24.0 Å². The predicted molar refractivity (Wildman–Crippen MR) is 112 cm³/mol. The van der Waals surface area contributed by atoms with E-state index in [4.69, 9.17) is 0 Å². The lowest BCUT2D eigenvalue weighted by atomic mass is 9.79. The molecule has 2 aliphatic rings. The minimum atomic E-state index is -0.239. The van der Waals surface area contributed by atoms with Crippen LogP contribution in [0.2, 0.25) is 0 Å². The Morgan fingerprint density at radius 3 is 2.63 bits per heavy atom. The van der Waals surface area contributed by atoms with Crippen LogP contribution in [0.3, 0.4) is 0 Å². The van der Waals surface area contributed by atoms with E-state index in [1.54, 1.807) is 23.1 Å². The number of amides is 1. The highest BCUT2D eigenvalue weighted by molar-refractivity contribution is 5.94. The molecule has 2 aromatic heterocycles. The van der Waals surface area contributed by atoms with Crippen LogP contribution in [0, 0.1) is 5.92 Å². The third kappa shape index (κ3) is 3.72. The average molecular weight is 403 g/mol.